The van der Waals surface area contributed by atoms with Gasteiger partial charge in [0.05, 0.1) is 11.2 Å². The molecule has 8 nitrogen and oxygen atoms in total. The molecule has 2 amide bonds. The summed E-state index contributed by atoms with van der Waals surface area (Å²) in [5.74, 6) is -0.455. The van der Waals surface area contributed by atoms with Crippen molar-refractivity contribution in [1.29, 1.82) is 0 Å². The Morgan fingerprint density at radius 3 is 2.21 bits per heavy atom. The lowest BCUT2D eigenvalue weighted by Gasteiger charge is -2.08. The van der Waals surface area contributed by atoms with Crippen molar-refractivity contribution in [2.75, 3.05) is 12.4 Å². The van der Waals surface area contributed by atoms with Gasteiger partial charge in [0.2, 0.25) is 10.0 Å². The Labute approximate surface area is 168 Å². The molecular weight excluding hydrogens is 394 g/mol. The number of furan rings is 1. The summed E-state index contributed by atoms with van der Waals surface area (Å²) in [5, 5.41) is 5.47. The van der Waals surface area contributed by atoms with Gasteiger partial charge < -0.3 is 15.1 Å². The van der Waals surface area contributed by atoms with E-state index in [-0.39, 0.29) is 29.0 Å². The van der Waals surface area contributed by atoms with Crippen molar-refractivity contribution in [2.45, 2.75) is 11.4 Å². The number of benzene rings is 2. The van der Waals surface area contributed by atoms with Crippen LogP contribution in [-0.2, 0) is 16.6 Å². The molecule has 9 heteroatoms. The predicted molar refractivity (Wildman–Crippen MR) is 107 cm³/mol. The van der Waals surface area contributed by atoms with Crippen LogP contribution in [0.25, 0.3) is 0 Å². The van der Waals surface area contributed by atoms with Crippen molar-refractivity contribution in [1.82, 2.24) is 10.0 Å². The van der Waals surface area contributed by atoms with Gasteiger partial charge in [0.15, 0.2) is 5.76 Å². The van der Waals surface area contributed by atoms with Crippen LogP contribution in [0.4, 0.5) is 5.69 Å². The van der Waals surface area contributed by atoms with Gasteiger partial charge in [0.1, 0.15) is 0 Å². The smallest absolute Gasteiger partial charge is 0.291 e. The lowest BCUT2D eigenvalue weighted by Crippen LogP contribution is -2.23. The van der Waals surface area contributed by atoms with Crippen molar-refractivity contribution >= 4 is 27.5 Å². The number of hydrogen-bond donors (Lipinski definition) is 3. The van der Waals surface area contributed by atoms with E-state index >= 15 is 0 Å². The summed E-state index contributed by atoms with van der Waals surface area (Å²) in [6, 6.07) is 15.8. The summed E-state index contributed by atoms with van der Waals surface area (Å²) in [4.78, 5) is 24.3. The first kappa shape index (κ1) is 20.3. The van der Waals surface area contributed by atoms with Gasteiger partial charge >= 0.3 is 0 Å². The van der Waals surface area contributed by atoms with Gasteiger partial charge in [-0.15, -0.1) is 0 Å². The number of nitrogens with one attached hydrogen (secondary N) is 3. The molecule has 0 saturated carbocycles. The molecule has 1 aromatic heterocycles. The molecule has 0 fully saturated rings. The molecule has 150 valence electrons. The number of carbonyl (C=O) groups is 2. The van der Waals surface area contributed by atoms with Crippen molar-refractivity contribution in [3.05, 3.63) is 83.8 Å². The minimum atomic E-state index is -3.54. The van der Waals surface area contributed by atoms with E-state index in [1.165, 1.54) is 37.6 Å². The second kappa shape index (κ2) is 8.72. The molecule has 0 unspecified atom stereocenters. The fourth-order valence-corrected chi connectivity index (χ4v) is 3.22. The summed E-state index contributed by atoms with van der Waals surface area (Å²) in [7, 11) is -2.22. The Hall–Kier alpha value is -3.43. The molecule has 3 N–H and O–H groups in total. The van der Waals surface area contributed by atoms with Crippen molar-refractivity contribution < 1.29 is 22.4 Å². The fourth-order valence-electron chi connectivity index (χ4n) is 2.49. The van der Waals surface area contributed by atoms with Gasteiger partial charge in [-0.25, -0.2) is 13.1 Å². The largest absolute Gasteiger partial charge is 0.459 e. The average Bonchev–Trinajstić information content (AvgIpc) is 3.28. The van der Waals surface area contributed by atoms with Gasteiger partial charge in [0, 0.05) is 17.8 Å². The van der Waals surface area contributed by atoms with Crippen LogP contribution in [0.5, 0.6) is 0 Å². The number of carbonyl (C=O) groups excluding carboxylic acids is 2. The van der Waals surface area contributed by atoms with Crippen LogP contribution in [0.2, 0.25) is 0 Å². The third-order valence-electron chi connectivity index (χ3n) is 4.11. The molecule has 0 aliphatic carbocycles. The van der Waals surface area contributed by atoms with Crippen LogP contribution in [0.1, 0.15) is 26.5 Å². The highest BCUT2D eigenvalue weighted by molar-refractivity contribution is 7.89. The van der Waals surface area contributed by atoms with E-state index < -0.39 is 10.0 Å². The monoisotopic (exact) mass is 413 g/mol. The van der Waals surface area contributed by atoms with E-state index in [9.17, 15) is 18.0 Å². The van der Waals surface area contributed by atoms with Gasteiger partial charge in [-0.05, 0) is 61.1 Å². The van der Waals surface area contributed by atoms with E-state index in [4.69, 9.17) is 4.42 Å². The number of sulfonamides is 1. The molecule has 0 spiro atoms. The van der Waals surface area contributed by atoms with Crippen LogP contribution in [0.3, 0.4) is 0 Å². The highest BCUT2D eigenvalue weighted by Gasteiger charge is 2.13. The third-order valence-corrected chi connectivity index (χ3v) is 5.54. The van der Waals surface area contributed by atoms with E-state index in [1.807, 2.05) is 0 Å². The summed E-state index contributed by atoms with van der Waals surface area (Å²) in [6.07, 6.45) is 1.42. The third kappa shape index (κ3) is 5.09. The Balaban J connectivity index is 1.55. The fraction of sp³-hybridized carbons (Fsp3) is 0.100. The standard InChI is InChI=1S/C20H19N3O5S/c1-21-29(26,27)17-10-6-15(7-11-17)19(24)22-13-14-4-8-16(9-5-14)23-20(25)18-3-2-12-28-18/h2-12,21H,13H2,1H3,(H,22,24)(H,23,25). The normalized spacial score (nSPS) is 11.1. The highest BCUT2D eigenvalue weighted by Crippen LogP contribution is 2.13. The maximum absolute atomic E-state index is 12.2. The summed E-state index contributed by atoms with van der Waals surface area (Å²) >= 11 is 0. The Morgan fingerprint density at radius 2 is 1.62 bits per heavy atom. The maximum Gasteiger partial charge on any atom is 0.291 e. The zero-order chi connectivity index (χ0) is 20.9. The van der Waals surface area contributed by atoms with Gasteiger partial charge in [-0.3, -0.25) is 9.59 Å². The van der Waals surface area contributed by atoms with Crippen molar-refractivity contribution in [2.24, 2.45) is 0 Å². The Morgan fingerprint density at radius 1 is 0.931 bits per heavy atom. The molecule has 2 aromatic carbocycles. The van der Waals surface area contributed by atoms with E-state index in [0.717, 1.165) is 5.56 Å². The molecule has 0 radical (unpaired) electrons. The molecule has 0 bridgehead atoms. The summed E-state index contributed by atoms with van der Waals surface area (Å²) < 4.78 is 30.7. The SMILES string of the molecule is CNS(=O)(=O)c1ccc(C(=O)NCc2ccc(NC(=O)c3ccco3)cc2)cc1. The van der Waals surface area contributed by atoms with E-state index in [1.54, 1.807) is 36.4 Å². The molecule has 0 aliphatic rings. The number of rotatable bonds is 7. The first-order valence-electron chi connectivity index (χ1n) is 8.64. The predicted octanol–water partition coefficient (Wildman–Crippen LogP) is 2.37. The maximum atomic E-state index is 12.2. The molecule has 3 rings (SSSR count). The molecule has 1 heterocycles. The van der Waals surface area contributed by atoms with Crippen molar-refractivity contribution in [3.8, 4) is 0 Å². The molecule has 29 heavy (non-hydrogen) atoms. The second-order valence-corrected chi connectivity index (χ2v) is 7.93. The van der Waals surface area contributed by atoms with Crippen molar-refractivity contribution in [3.63, 3.8) is 0 Å². The van der Waals surface area contributed by atoms with Crippen LogP contribution in [0.15, 0.2) is 76.2 Å². The van der Waals surface area contributed by atoms with E-state index in [0.29, 0.717) is 11.3 Å². The average molecular weight is 413 g/mol. The van der Waals surface area contributed by atoms with Crippen LogP contribution in [0, 0.1) is 0 Å². The summed E-state index contributed by atoms with van der Waals surface area (Å²) in [6.45, 7) is 0.280. The van der Waals surface area contributed by atoms with Gasteiger partial charge in [0.25, 0.3) is 11.8 Å². The van der Waals surface area contributed by atoms with Gasteiger partial charge in [-0.1, -0.05) is 12.1 Å². The van der Waals surface area contributed by atoms with E-state index in [2.05, 4.69) is 15.4 Å². The zero-order valence-corrected chi connectivity index (χ0v) is 16.3. The topological polar surface area (TPSA) is 118 Å². The number of hydrogen-bond acceptors (Lipinski definition) is 5. The molecule has 0 atom stereocenters. The Kier molecular flexibility index (Phi) is 6.10. The highest BCUT2D eigenvalue weighted by atomic mass is 32.2. The number of anilines is 1. The minimum Gasteiger partial charge on any atom is -0.459 e. The Bertz CT molecular complexity index is 1090. The minimum absolute atomic E-state index is 0.0868. The molecular formula is C20H19N3O5S. The molecule has 0 saturated heterocycles. The molecule has 0 aliphatic heterocycles. The lowest BCUT2D eigenvalue weighted by atomic mass is 10.2. The van der Waals surface area contributed by atoms with Crippen LogP contribution < -0.4 is 15.4 Å². The van der Waals surface area contributed by atoms with Crippen LogP contribution >= 0.6 is 0 Å². The quantitative estimate of drug-likeness (QED) is 0.550. The second-order valence-electron chi connectivity index (χ2n) is 6.04. The number of amides is 2. The first-order chi connectivity index (χ1) is 13.9. The lowest BCUT2D eigenvalue weighted by molar-refractivity contribution is 0.0949. The zero-order valence-electron chi connectivity index (χ0n) is 15.5. The summed E-state index contributed by atoms with van der Waals surface area (Å²) in [5.41, 5.74) is 1.79. The first-order valence-corrected chi connectivity index (χ1v) is 10.1. The van der Waals surface area contributed by atoms with Gasteiger partial charge in [-0.2, -0.15) is 0 Å². The van der Waals surface area contributed by atoms with Crippen LogP contribution in [-0.4, -0.2) is 27.3 Å². The molecule has 3 aromatic rings.